The van der Waals surface area contributed by atoms with E-state index in [0.717, 1.165) is 49.8 Å². The summed E-state index contributed by atoms with van der Waals surface area (Å²) in [7, 11) is 1.68. The van der Waals surface area contributed by atoms with E-state index in [1.807, 2.05) is 25.1 Å². The number of para-hydroxylation sites is 1. The highest BCUT2D eigenvalue weighted by molar-refractivity contribution is 5.79. The van der Waals surface area contributed by atoms with Gasteiger partial charge in [0, 0.05) is 32.4 Å². The first-order chi connectivity index (χ1) is 12.3. The summed E-state index contributed by atoms with van der Waals surface area (Å²) < 4.78 is 16.1. The topological polar surface area (TPSA) is 64.1 Å². The Morgan fingerprint density at radius 3 is 2.64 bits per heavy atom. The van der Waals surface area contributed by atoms with Gasteiger partial charge in [0.1, 0.15) is 5.75 Å². The third-order valence-corrected chi connectivity index (χ3v) is 3.46. The number of benzene rings is 1. The van der Waals surface area contributed by atoms with Crippen LogP contribution >= 0.6 is 0 Å². The number of methoxy groups -OCH3 is 1. The van der Waals surface area contributed by atoms with Gasteiger partial charge in [0.2, 0.25) is 0 Å². The fourth-order valence-corrected chi connectivity index (χ4v) is 2.22. The zero-order valence-electron chi connectivity index (χ0n) is 15.8. The van der Waals surface area contributed by atoms with E-state index in [4.69, 9.17) is 14.2 Å². The average Bonchev–Trinajstić information content (AvgIpc) is 2.63. The molecule has 0 fully saturated rings. The van der Waals surface area contributed by atoms with E-state index in [-0.39, 0.29) is 0 Å². The lowest BCUT2D eigenvalue weighted by Crippen LogP contribution is -2.37. The van der Waals surface area contributed by atoms with Crippen molar-refractivity contribution < 1.29 is 14.2 Å². The second-order valence-corrected chi connectivity index (χ2v) is 5.47. The van der Waals surface area contributed by atoms with E-state index < -0.39 is 0 Å². The van der Waals surface area contributed by atoms with Crippen LogP contribution in [-0.4, -0.2) is 52.6 Å². The number of nitrogens with zero attached hydrogens (tertiary/aromatic N) is 1. The molecule has 0 unspecified atom stereocenters. The Bertz CT molecular complexity index is 481. The molecule has 0 aliphatic heterocycles. The Morgan fingerprint density at radius 1 is 1.04 bits per heavy atom. The Balaban J connectivity index is 2.36. The van der Waals surface area contributed by atoms with Crippen LogP contribution in [0.2, 0.25) is 0 Å². The number of guanidine groups is 1. The summed E-state index contributed by atoms with van der Waals surface area (Å²) in [6.45, 7) is 9.08. The van der Waals surface area contributed by atoms with Gasteiger partial charge >= 0.3 is 0 Å². The standard InChI is InChI=1S/C19H33N3O3/c1-4-20-19(21-12-8-9-13-24-15-14-23-3)22-16-17-10-6-7-11-18(17)25-5-2/h6-7,10-11H,4-5,8-9,12-16H2,1-3H3,(H2,20,21,22). The van der Waals surface area contributed by atoms with Gasteiger partial charge in [0.25, 0.3) is 0 Å². The minimum Gasteiger partial charge on any atom is -0.494 e. The minimum absolute atomic E-state index is 0.589. The van der Waals surface area contributed by atoms with Crippen LogP contribution in [0.4, 0.5) is 0 Å². The van der Waals surface area contributed by atoms with Gasteiger partial charge in [-0.15, -0.1) is 0 Å². The van der Waals surface area contributed by atoms with Crippen molar-refractivity contribution in [3.05, 3.63) is 29.8 Å². The molecular formula is C19H33N3O3. The van der Waals surface area contributed by atoms with Crippen LogP contribution in [0.1, 0.15) is 32.3 Å². The molecule has 0 spiro atoms. The Hall–Kier alpha value is -1.79. The molecule has 1 rings (SSSR count). The zero-order chi connectivity index (χ0) is 18.2. The first-order valence-electron chi connectivity index (χ1n) is 9.11. The lowest BCUT2D eigenvalue weighted by Gasteiger charge is -2.12. The molecule has 6 heteroatoms. The van der Waals surface area contributed by atoms with Crippen LogP contribution in [0.15, 0.2) is 29.3 Å². The summed E-state index contributed by atoms with van der Waals surface area (Å²) in [5.41, 5.74) is 1.09. The van der Waals surface area contributed by atoms with Gasteiger partial charge < -0.3 is 24.8 Å². The molecule has 1 aromatic carbocycles. The van der Waals surface area contributed by atoms with E-state index in [2.05, 4.69) is 28.6 Å². The highest BCUT2D eigenvalue weighted by Gasteiger charge is 2.03. The Labute approximate surface area is 152 Å². The van der Waals surface area contributed by atoms with E-state index in [1.165, 1.54) is 0 Å². The van der Waals surface area contributed by atoms with Gasteiger partial charge in [0.05, 0.1) is 26.4 Å². The van der Waals surface area contributed by atoms with Crippen LogP contribution in [0.3, 0.4) is 0 Å². The van der Waals surface area contributed by atoms with Crippen molar-refractivity contribution in [2.24, 2.45) is 4.99 Å². The number of ether oxygens (including phenoxy) is 3. The predicted molar refractivity (Wildman–Crippen MR) is 102 cm³/mol. The molecular weight excluding hydrogens is 318 g/mol. The van der Waals surface area contributed by atoms with Crippen LogP contribution in [-0.2, 0) is 16.0 Å². The highest BCUT2D eigenvalue weighted by Crippen LogP contribution is 2.18. The Morgan fingerprint density at radius 2 is 1.88 bits per heavy atom. The lowest BCUT2D eigenvalue weighted by molar-refractivity contribution is 0.0689. The second-order valence-electron chi connectivity index (χ2n) is 5.47. The first kappa shape index (κ1) is 21.3. The van der Waals surface area contributed by atoms with E-state index in [0.29, 0.717) is 26.4 Å². The highest BCUT2D eigenvalue weighted by atomic mass is 16.5. The van der Waals surface area contributed by atoms with Crippen LogP contribution in [0, 0.1) is 0 Å². The molecule has 0 heterocycles. The maximum absolute atomic E-state index is 5.65. The lowest BCUT2D eigenvalue weighted by atomic mass is 10.2. The van der Waals surface area contributed by atoms with Gasteiger partial charge in [-0.2, -0.15) is 0 Å². The van der Waals surface area contributed by atoms with Crippen molar-refractivity contribution >= 4 is 5.96 Å². The molecule has 0 radical (unpaired) electrons. The number of aliphatic imine (C=N–C) groups is 1. The molecule has 0 aliphatic carbocycles. The largest absolute Gasteiger partial charge is 0.494 e. The van der Waals surface area contributed by atoms with Crippen molar-refractivity contribution in [2.75, 3.05) is 46.6 Å². The van der Waals surface area contributed by atoms with Crippen molar-refractivity contribution in [2.45, 2.75) is 33.2 Å². The van der Waals surface area contributed by atoms with Crippen molar-refractivity contribution in [1.82, 2.24) is 10.6 Å². The van der Waals surface area contributed by atoms with Gasteiger partial charge in [-0.25, -0.2) is 4.99 Å². The quantitative estimate of drug-likeness (QED) is 0.325. The van der Waals surface area contributed by atoms with E-state index >= 15 is 0 Å². The fourth-order valence-electron chi connectivity index (χ4n) is 2.22. The van der Waals surface area contributed by atoms with Crippen LogP contribution in [0.5, 0.6) is 5.75 Å². The fraction of sp³-hybridized carbons (Fsp3) is 0.632. The van der Waals surface area contributed by atoms with Crippen molar-refractivity contribution in [3.63, 3.8) is 0 Å². The maximum Gasteiger partial charge on any atom is 0.191 e. The molecule has 6 nitrogen and oxygen atoms in total. The summed E-state index contributed by atoms with van der Waals surface area (Å²) in [5, 5.41) is 6.64. The van der Waals surface area contributed by atoms with E-state index in [1.54, 1.807) is 7.11 Å². The molecule has 142 valence electrons. The predicted octanol–water partition coefficient (Wildman–Crippen LogP) is 2.58. The third kappa shape index (κ3) is 9.94. The molecule has 2 N–H and O–H groups in total. The van der Waals surface area contributed by atoms with Gasteiger partial charge in [-0.3, -0.25) is 0 Å². The van der Waals surface area contributed by atoms with Crippen molar-refractivity contribution in [1.29, 1.82) is 0 Å². The number of unbranched alkanes of at least 4 members (excludes halogenated alkanes) is 1. The van der Waals surface area contributed by atoms with Crippen LogP contribution < -0.4 is 15.4 Å². The molecule has 25 heavy (non-hydrogen) atoms. The third-order valence-electron chi connectivity index (χ3n) is 3.46. The molecule has 1 aromatic rings. The SMILES string of the molecule is CCNC(=NCc1ccccc1OCC)NCCCCOCCOC. The van der Waals surface area contributed by atoms with Crippen LogP contribution in [0.25, 0.3) is 0 Å². The first-order valence-corrected chi connectivity index (χ1v) is 9.11. The monoisotopic (exact) mass is 351 g/mol. The molecule has 0 saturated heterocycles. The maximum atomic E-state index is 5.65. The van der Waals surface area contributed by atoms with Gasteiger partial charge in [0.15, 0.2) is 5.96 Å². The zero-order valence-corrected chi connectivity index (χ0v) is 15.8. The average molecular weight is 351 g/mol. The normalized spacial score (nSPS) is 11.4. The minimum atomic E-state index is 0.589. The number of hydrogen-bond donors (Lipinski definition) is 2. The van der Waals surface area contributed by atoms with Gasteiger partial charge in [-0.1, -0.05) is 18.2 Å². The number of hydrogen-bond acceptors (Lipinski definition) is 4. The molecule has 0 aromatic heterocycles. The number of nitrogens with one attached hydrogen (secondary N) is 2. The summed E-state index contributed by atoms with van der Waals surface area (Å²) in [5.74, 6) is 1.73. The molecule has 0 bridgehead atoms. The Kier molecular flexibility index (Phi) is 12.4. The van der Waals surface area contributed by atoms with E-state index in [9.17, 15) is 0 Å². The van der Waals surface area contributed by atoms with Gasteiger partial charge in [-0.05, 0) is 32.8 Å². The summed E-state index contributed by atoms with van der Waals surface area (Å²) >= 11 is 0. The molecule has 0 aliphatic rings. The molecule has 0 amide bonds. The second kappa shape index (κ2) is 14.5. The summed E-state index contributed by atoms with van der Waals surface area (Å²) in [6, 6.07) is 8.03. The van der Waals surface area contributed by atoms with Crippen molar-refractivity contribution in [3.8, 4) is 5.75 Å². The summed E-state index contributed by atoms with van der Waals surface area (Å²) in [4.78, 5) is 4.65. The summed E-state index contributed by atoms with van der Waals surface area (Å²) in [6.07, 6.45) is 2.05. The smallest absolute Gasteiger partial charge is 0.191 e. The number of rotatable bonds is 13. The molecule has 0 atom stereocenters. The molecule has 0 saturated carbocycles.